The first kappa shape index (κ1) is 25.5. The minimum atomic E-state index is -0.198. The number of likely N-dealkylation sites (tertiary alicyclic amines) is 1. The van der Waals surface area contributed by atoms with Crippen LogP contribution in [0, 0.1) is 5.92 Å². The van der Waals surface area contributed by atoms with Crippen LogP contribution in [0.1, 0.15) is 31.2 Å². The Morgan fingerprint density at radius 3 is 2.51 bits per heavy atom. The van der Waals surface area contributed by atoms with Crippen LogP contribution < -0.4 is 18.9 Å². The van der Waals surface area contributed by atoms with Crippen molar-refractivity contribution < 1.29 is 28.5 Å². The van der Waals surface area contributed by atoms with E-state index < -0.39 is 0 Å². The highest BCUT2D eigenvalue weighted by molar-refractivity contribution is 5.70. The van der Waals surface area contributed by atoms with Gasteiger partial charge < -0.3 is 28.6 Å². The third-order valence-electron chi connectivity index (χ3n) is 7.74. The number of carbonyl (C=O) groups is 1. The Morgan fingerprint density at radius 1 is 0.946 bits per heavy atom. The Bertz CT molecular complexity index is 1050. The molecule has 3 aliphatic heterocycles. The highest BCUT2D eigenvalue weighted by atomic mass is 16.6. The van der Waals surface area contributed by atoms with Gasteiger partial charge in [0.15, 0.2) is 23.0 Å². The normalized spacial score (nSPS) is 22.1. The van der Waals surface area contributed by atoms with Crippen LogP contribution in [0.25, 0.3) is 0 Å². The van der Waals surface area contributed by atoms with Crippen molar-refractivity contribution in [2.75, 3.05) is 53.6 Å². The lowest BCUT2D eigenvalue weighted by Gasteiger charge is -2.35. The van der Waals surface area contributed by atoms with Gasteiger partial charge in [0.25, 0.3) is 0 Å². The van der Waals surface area contributed by atoms with E-state index in [1.807, 2.05) is 47.4 Å². The van der Waals surface area contributed by atoms with Crippen LogP contribution in [-0.2, 0) is 11.2 Å². The summed E-state index contributed by atoms with van der Waals surface area (Å²) in [4.78, 5) is 16.8. The van der Waals surface area contributed by atoms with Crippen LogP contribution in [-0.4, -0.2) is 81.7 Å². The third-order valence-corrected chi connectivity index (χ3v) is 7.74. The molecule has 0 unspecified atom stereocenters. The van der Waals surface area contributed by atoms with E-state index >= 15 is 0 Å². The summed E-state index contributed by atoms with van der Waals surface area (Å²) in [7, 11) is 3.27. The summed E-state index contributed by atoms with van der Waals surface area (Å²) in [6.07, 6.45) is 5.12. The molecule has 2 aromatic rings. The number of para-hydroxylation sites is 2. The summed E-state index contributed by atoms with van der Waals surface area (Å²) in [5.41, 5.74) is 1.11. The third kappa shape index (κ3) is 6.24. The Labute approximate surface area is 219 Å². The van der Waals surface area contributed by atoms with Gasteiger partial charge in [-0.2, -0.15) is 0 Å². The molecule has 200 valence electrons. The molecule has 0 radical (unpaired) electrons. The number of benzene rings is 2. The number of cyclic esters (lactones) is 1. The summed E-state index contributed by atoms with van der Waals surface area (Å²) in [6, 6.07) is 13.9. The van der Waals surface area contributed by atoms with Gasteiger partial charge in [-0.25, -0.2) is 4.79 Å². The minimum Gasteiger partial charge on any atom is -0.493 e. The summed E-state index contributed by atoms with van der Waals surface area (Å²) >= 11 is 0. The molecule has 37 heavy (non-hydrogen) atoms. The molecule has 3 heterocycles. The molecule has 2 fully saturated rings. The van der Waals surface area contributed by atoms with Gasteiger partial charge in [-0.3, -0.25) is 4.90 Å². The van der Waals surface area contributed by atoms with Crippen molar-refractivity contribution >= 4 is 6.09 Å². The van der Waals surface area contributed by atoms with Crippen molar-refractivity contribution in [1.82, 2.24) is 9.80 Å². The fraction of sp³-hybridized carbons (Fsp3) is 0.552. The van der Waals surface area contributed by atoms with Crippen molar-refractivity contribution in [3.8, 4) is 23.0 Å². The molecule has 0 bridgehead atoms. The predicted octanol–water partition coefficient (Wildman–Crippen LogP) is 4.40. The van der Waals surface area contributed by atoms with Crippen LogP contribution in [0.5, 0.6) is 23.0 Å². The molecule has 5 rings (SSSR count). The average molecular weight is 511 g/mol. The SMILES string of the molecule is COc1ccc(C[C@H]2COC(=O)N2CCCC2CCN(C[C@H]3COc4ccccc4O3)CC2)cc1OC. The number of methoxy groups -OCH3 is 2. The van der Waals surface area contributed by atoms with E-state index in [0.717, 1.165) is 62.5 Å². The molecular weight excluding hydrogens is 472 g/mol. The van der Waals surface area contributed by atoms with Gasteiger partial charge in [-0.05, 0) is 80.9 Å². The summed E-state index contributed by atoms with van der Waals surface area (Å²) in [5.74, 6) is 3.79. The molecule has 3 aliphatic rings. The van der Waals surface area contributed by atoms with E-state index in [1.54, 1.807) is 14.2 Å². The quantitative estimate of drug-likeness (QED) is 0.469. The monoisotopic (exact) mass is 510 g/mol. The lowest BCUT2D eigenvalue weighted by molar-refractivity contribution is 0.0469. The minimum absolute atomic E-state index is 0.0512. The molecule has 0 aliphatic carbocycles. The topological polar surface area (TPSA) is 69.7 Å². The van der Waals surface area contributed by atoms with Crippen molar-refractivity contribution in [3.63, 3.8) is 0 Å². The first-order valence-electron chi connectivity index (χ1n) is 13.4. The van der Waals surface area contributed by atoms with Crippen LogP contribution in [0.3, 0.4) is 0 Å². The van der Waals surface area contributed by atoms with Gasteiger partial charge in [0, 0.05) is 13.1 Å². The first-order valence-corrected chi connectivity index (χ1v) is 13.4. The average Bonchev–Trinajstić information content (AvgIpc) is 3.28. The molecular formula is C29H38N2O6. The number of rotatable bonds is 10. The summed E-state index contributed by atoms with van der Waals surface area (Å²) < 4.78 is 28.2. The highest BCUT2D eigenvalue weighted by Gasteiger charge is 2.33. The molecule has 0 spiro atoms. The second kappa shape index (κ2) is 11.9. The van der Waals surface area contributed by atoms with Crippen LogP contribution in [0.4, 0.5) is 4.79 Å². The zero-order valence-electron chi connectivity index (χ0n) is 21.9. The largest absolute Gasteiger partial charge is 0.493 e. The number of carbonyl (C=O) groups excluding carboxylic acids is 1. The molecule has 8 nitrogen and oxygen atoms in total. The van der Waals surface area contributed by atoms with Gasteiger partial charge in [0.2, 0.25) is 0 Å². The van der Waals surface area contributed by atoms with Crippen LogP contribution in [0.2, 0.25) is 0 Å². The van der Waals surface area contributed by atoms with Gasteiger partial charge in [0.05, 0.1) is 20.3 Å². The Hall–Kier alpha value is -3.13. The molecule has 8 heteroatoms. The number of fused-ring (bicyclic) bond motifs is 1. The van der Waals surface area contributed by atoms with Gasteiger partial charge in [0.1, 0.15) is 19.3 Å². The molecule has 0 N–H and O–H groups in total. The number of piperidine rings is 1. The van der Waals surface area contributed by atoms with Gasteiger partial charge in [-0.1, -0.05) is 18.2 Å². The number of hydrogen-bond acceptors (Lipinski definition) is 7. The van der Waals surface area contributed by atoms with Crippen molar-refractivity contribution in [2.24, 2.45) is 5.92 Å². The molecule has 1 amide bonds. The highest BCUT2D eigenvalue weighted by Crippen LogP contribution is 2.32. The van der Waals surface area contributed by atoms with Crippen molar-refractivity contribution in [1.29, 1.82) is 0 Å². The molecule has 0 aromatic heterocycles. The van der Waals surface area contributed by atoms with E-state index in [2.05, 4.69) is 4.90 Å². The maximum absolute atomic E-state index is 12.4. The van der Waals surface area contributed by atoms with Gasteiger partial charge >= 0.3 is 6.09 Å². The number of hydrogen-bond donors (Lipinski definition) is 0. The zero-order valence-corrected chi connectivity index (χ0v) is 21.9. The van der Waals surface area contributed by atoms with Crippen LogP contribution >= 0.6 is 0 Å². The first-order chi connectivity index (χ1) is 18.1. The van der Waals surface area contributed by atoms with E-state index in [0.29, 0.717) is 30.6 Å². The molecule has 2 atom stereocenters. The second-order valence-electron chi connectivity index (χ2n) is 10.2. The van der Waals surface area contributed by atoms with E-state index in [9.17, 15) is 4.79 Å². The van der Waals surface area contributed by atoms with E-state index in [-0.39, 0.29) is 18.2 Å². The predicted molar refractivity (Wildman–Crippen MR) is 140 cm³/mol. The maximum atomic E-state index is 12.4. The molecule has 2 saturated heterocycles. The maximum Gasteiger partial charge on any atom is 0.410 e. The smallest absolute Gasteiger partial charge is 0.410 e. The Kier molecular flexibility index (Phi) is 8.24. The lowest BCUT2D eigenvalue weighted by atomic mass is 9.92. The van der Waals surface area contributed by atoms with Gasteiger partial charge in [-0.15, -0.1) is 0 Å². The number of ether oxygens (including phenoxy) is 5. The Morgan fingerprint density at radius 2 is 1.73 bits per heavy atom. The zero-order chi connectivity index (χ0) is 25.6. The van der Waals surface area contributed by atoms with Crippen LogP contribution in [0.15, 0.2) is 42.5 Å². The fourth-order valence-electron chi connectivity index (χ4n) is 5.66. The number of amides is 1. The summed E-state index contributed by atoms with van der Waals surface area (Å²) in [5, 5.41) is 0. The second-order valence-corrected chi connectivity index (χ2v) is 10.2. The Balaban J connectivity index is 1.04. The van der Waals surface area contributed by atoms with E-state index in [1.165, 1.54) is 12.8 Å². The van der Waals surface area contributed by atoms with E-state index in [4.69, 9.17) is 23.7 Å². The fourth-order valence-corrected chi connectivity index (χ4v) is 5.66. The lowest BCUT2D eigenvalue weighted by Crippen LogP contribution is -2.44. The molecule has 2 aromatic carbocycles. The summed E-state index contributed by atoms with van der Waals surface area (Å²) in [6.45, 7) is 4.85. The molecule has 0 saturated carbocycles. The standard InChI is InChI=1S/C29H38N2O6/c1-33-25-10-9-22(17-28(25)34-2)16-23-19-36-29(32)31(23)13-5-6-21-11-14-30(15-12-21)18-24-20-35-26-7-3-4-8-27(26)37-24/h3-4,7-10,17,21,23-24H,5-6,11-16,18-20H2,1-2H3/t23-,24-/m0/s1. The van der Waals surface area contributed by atoms with Crippen molar-refractivity contribution in [2.45, 2.75) is 44.2 Å². The van der Waals surface area contributed by atoms with Crippen molar-refractivity contribution in [3.05, 3.63) is 48.0 Å². The number of nitrogens with zero attached hydrogens (tertiary/aromatic N) is 2.